The third-order valence-electron chi connectivity index (χ3n) is 2.70. The van der Waals surface area contributed by atoms with Gasteiger partial charge < -0.3 is 10.5 Å². The lowest BCUT2D eigenvalue weighted by Gasteiger charge is -2.11. The molecule has 0 unspecified atom stereocenters. The van der Waals surface area contributed by atoms with Gasteiger partial charge in [-0.05, 0) is 25.0 Å². The van der Waals surface area contributed by atoms with Gasteiger partial charge in [0.05, 0.1) is 21.4 Å². The highest BCUT2D eigenvalue weighted by Crippen LogP contribution is 2.34. The van der Waals surface area contributed by atoms with Crippen LogP contribution < -0.4 is 10.5 Å². The Kier molecular flexibility index (Phi) is 4.35. The lowest BCUT2D eigenvalue weighted by Crippen LogP contribution is -2.01. The first-order valence-corrected chi connectivity index (χ1v) is 6.90. The fraction of sp³-hybridized carbons (Fsp3) is 0.286. The summed E-state index contributed by atoms with van der Waals surface area (Å²) >= 11 is 11.8. The molecule has 0 saturated heterocycles. The Bertz CT molecular complexity index is 645. The summed E-state index contributed by atoms with van der Waals surface area (Å²) in [6.07, 6.45) is 0. The second-order valence-corrected chi connectivity index (χ2v) is 5.59. The molecule has 4 nitrogen and oxygen atoms in total. The van der Waals surface area contributed by atoms with E-state index in [1.54, 1.807) is 12.1 Å². The fourth-order valence-corrected chi connectivity index (χ4v) is 1.96. The molecule has 0 spiro atoms. The van der Waals surface area contributed by atoms with Crippen molar-refractivity contribution in [3.05, 3.63) is 39.6 Å². The number of hydrogen-bond acceptors (Lipinski definition) is 4. The quantitative estimate of drug-likeness (QED) is 0.842. The Balaban J connectivity index is 2.37. The average Bonchev–Trinajstić information content (AvgIpc) is 2.35. The number of benzene rings is 1. The zero-order valence-electron chi connectivity index (χ0n) is 11.4. The van der Waals surface area contributed by atoms with Crippen molar-refractivity contribution in [2.24, 2.45) is 0 Å². The van der Waals surface area contributed by atoms with Crippen molar-refractivity contribution >= 4 is 28.9 Å². The molecule has 2 aromatic rings. The van der Waals surface area contributed by atoms with Gasteiger partial charge in [0.2, 0.25) is 0 Å². The molecule has 0 aliphatic rings. The molecule has 1 heterocycles. The van der Waals surface area contributed by atoms with E-state index >= 15 is 0 Å². The first kappa shape index (κ1) is 14.9. The molecule has 0 saturated carbocycles. The lowest BCUT2D eigenvalue weighted by molar-refractivity contribution is 0.438. The third-order valence-corrected chi connectivity index (χ3v) is 3.42. The van der Waals surface area contributed by atoms with Crippen molar-refractivity contribution in [3.63, 3.8) is 0 Å². The SMILES string of the molecule is Cc1cc(C(C)C)nc(Oc2cc(Cl)c(Cl)cc2N)n1. The van der Waals surface area contributed by atoms with Gasteiger partial charge >= 0.3 is 6.01 Å². The molecule has 6 heteroatoms. The van der Waals surface area contributed by atoms with Gasteiger partial charge in [0.25, 0.3) is 0 Å². The molecule has 2 rings (SSSR count). The van der Waals surface area contributed by atoms with E-state index in [0.29, 0.717) is 21.5 Å². The number of nitrogen functional groups attached to an aromatic ring is 1. The zero-order chi connectivity index (χ0) is 14.9. The van der Waals surface area contributed by atoms with E-state index in [-0.39, 0.29) is 11.9 Å². The minimum Gasteiger partial charge on any atom is -0.422 e. The van der Waals surface area contributed by atoms with Crippen LogP contribution in [0.15, 0.2) is 18.2 Å². The maximum Gasteiger partial charge on any atom is 0.322 e. The van der Waals surface area contributed by atoms with Crippen molar-refractivity contribution in [3.8, 4) is 11.8 Å². The van der Waals surface area contributed by atoms with Crippen LogP contribution in [0.25, 0.3) is 0 Å². The van der Waals surface area contributed by atoms with Crippen LogP contribution in [0.5, 0.6) is 11.8 Å². The predicted octanol–water partition coefficient (Wildman–Crippen LogP) is 4.59. The summed E-state index contributed by atoms with van der Waals surface area (Å²) in [6, 6.07) is 5.27. The van der Waals surface area contributed by atoms with E-state index in [9.17, 15) is 0 Å². The number of nitrogens with zero attached hydrogens (tertiary/aromatic N) is 2. The van der Waals surface area contributed by atoms with Gasteiger partial charge in [-0.2, -0.15) is 4.98 Å². The van der Waals surface area contributed by atoms with Crippen molar-refractivity contribution < 1.29 is 4.74 Å². The molecule has 2 N–H and O–H groups in total. The maximum absolute atomic E-state index is 5.96. The standard InChI is InChI=1S/C14H15Cl2N3O/c1-7(2)12-4-8(3)18-14(19-12)20-13-6-10(16)9(15)5-11(13)17/h4-7H,17H2,1-3H3. The van der Waals surface area contributed by atoms with Crippen molar-refractivity contribution in [1.29, 1.82) is 0 Å². The number of nitrogens with two attached hydrogens (primary N) is 1. The summed E-state index contributed by atoms with van der Waals surface area (Å²) in [7, 11) is 0. The molecular formula is C14H15Cl2N3O. The van der Waals surface area contributed by atoms with Crippen LogP contribution in [0.4, 0.5) is 5.69 Å². The highest BCUT2D eigenvalue weighted by molar-refractivity contribution is 6.42. The summed E-state index contributed by atoms with van der Waals surface area (Å²) < 4.78 is 5.63. The second-order valence-electron chi connectivity index (χ2n) is 4.78. The summed E-state index contributed by atoms with van der Waals surface area (Å²) in [4.78, 5) is 8.60. The van der Waals surface area contributed by atoms with Crippen LogP contribution in [0, 0.1) is 6.92 Å². The summed E-state index contributed by atoms with van der Waals surface area (Å²) in [5.74, 6) is 0.671. The molecule has 0 bridgehead atoms. The van der Waals surface area contributed by atoms with E-state index in [4.69, 9.17) is 33.7 Å². The van der Waals surface area contributed by atoms with Crippen LogP contribution in [-0.4, -0.2) is 9.97 Å². The maximum atomic E-state index is 5.96. The molecule has 0 aliphatic heterocycles. The van der Waals surface area contributed by atoms with Crippen molar-refractivity contribution in [2.75, 3.05) is 5.73 Å². The van der Waals surface area contributed by atoms with Gasteiger partial charge in [0.15, 0.2) is 5.75 Å². The molecule has 20 heavy (non-hydrogen) atoms. The van der Waals surface area contributed by atoms with Gasteiger partial charge in [-0.3, -0.25) is 0 Å². The number of aryl methyl sites for hydroxylation is 1. The number of rotatable bonds is 3. The smallest absolute Gasteiger partial charge is 0.322 e. The van der Waals surface area contributed by atoms with Crippen LogP contribution in [0.2, 0.25) is 10.0 Å². The Morgan fingerprint density at radius 3 is 2.40 bits per heavy atom. The Labute approximate surface area is 127 Å². The number of aromatic nitrogens is 2. The minimum absolute atomic E-state index is 0.249. The number of halogens is 2. The number of hydrogen-bond donors (Lipinski definition) is 1. The van der Waals surface area contributed by atoms with Crippen molar-refractivity contribution in [1.82, 2.24) is 9.97 Å². The predicted molar refractivity (Wildman–Crippen MR) is 81.8 cm³/mol. The van der Waals surface area contributed by atoms with Gasteiger partial charge in [-0.1, -0.05) is 37.0 Å². The first-order chi connectivity index (χ1) is 9.36. The van der Waals surface area contributed by atoms with Crippen LogP contribution >= 0.6 is 23.2 Å². The molecule has 1 aromatic heterocycles. The normalized spacial score (nSPS) is 10.9. The van der Waals surface area contributed by atoms with Gasteiger partial charge in [0, 0.05) is 11.8 Å². The topological polar surface area (TPSA) is 61.0 Å². The number of anilines is 1. The van der Waals surface area contributed by atoms with E-state index < -0.39 is 0 Å². The van der Waals surface area contributed by atoms with Crippen LogP contribution in [0.3, 0.4) is 0 Å². The van der Waals surface area contributed by atoms with Gasteiger partial charge in [0.1, 0.15) is 0 Å². The van der Waals surface area contributed by atoms with E-state index in [2.05, 4.69) is 23.8 Å². The number of ether oxygens (including phenoxy) is 1. The molecule has 0 aliphatic carbocycles. The largest absolute Gasteiger partial charge is 0.422 e. The monoisotopic (exact) mass is 311 g/mol. The minimum atomic E-state index is 0.249. The Morgan fingerprint density at radius 2 is 1.75 bits per heavy atom. The second kappa shape index (κ2) is 5.85. The van der Waals surface area contributed by atoms with Gasteiger partial charge in [-0.15, -0.1) is 0 Å². The van der Waals surface area contributed by atoms with E-state index in [1.807, 2.05) is 13.0 Å². The first-order valence-electron chi connectivity index (χ1n) is 6.14. The summed E-state index contributed by atoms with van der Waals surface area (Å²) in [6.45, 7) is 6.00. The molecule has 0 radical (unpaired) electrons. The third kappa shape index (κ3) is 3.32. The van der Waals surface area contributed by atoms with Crippen LogP contribution in [-0.2, 0) is 0 Å². The lowest BCUT2D eigenvalue weighted by atomic mass is 10.1. The van der Waals surface area contributed by atoms with Crippen molar-refractivity contribution in [2.45, 2.75) is 26.7 Å². The van der Waals surface area contributed by atoms with Crippen LogP contribution in [0.1, 0.15) is 31.2 Å². The molecule has 106 valence electrons. The average molecular weight is 312 g/mol. The highest BCUT2D eigenvalue weighted by Gasteiger charge is 2.11. The molecule has 0 amide bonds. The molecule has 0 fully saturated rings. The zero-order valence-corrected chi connectivity index (χ0v) is 13.0. The summed E-state index contributed by atoms with van der Waals surface area (Å²) in [5.41, 5.74) is 7.97. The van der Waals surface area contributed by atoms with E-state index in [1.165, 1.54) is 0 Å². The highest BCUT2D eigenvalue weighted by atomic mass is 35.5. The summed E-state index contributed by atoms with van der Waals surface area (Å²) in [5, 5.41) is 0.747. The van der Waals surface area contributed by atoms with Gasteiger partial charge in [-0.25, -0.2) is 4.98 Å². The molecule has 0 atom stereocenters. The Hall–Kier alpha value is -1.52. The molecular weight excluding hydrogens is 297 g/mol. The molecule has 1 aromatic carbocycles. The fourth-order valence-electron chi connectivity index (χ4n) is 1.64. The Morgan fingerprint density at radius 1 is 1.10 bits per heavy atom. The van der Waals surface area contributed by atoms with E-state index in [0.717, 1.165) is 11.4 Å².